The molecule has 1 aromatic rings. The first-order valence-corrected chi connectivity index (χ1v) is 5.46. The van der Waals surface area contributed by atoms with Crippen LogP contribution >= 0.6 is 11.6 Å². The molecule has 4 N–H and O–H groups in total. The molecule has 1 rings (SSSR count). The van der Waals surface area contributed by atoms with Crippen LogP contribution in [0.5, 0.6) is 5.75 Å². The molecule has 0 saturated heterocycles. The fraction of sp³-hybridized carbons (Fsp3) is 0.455. The van der Waals surface area contributed by atoms with E-state index in [2.05, 4.69) is 0 Å². The highest BCUT2D eigenvalue weighted by atomic mass is 35.5. The van der Waals surface area contributed by atoms with Crippen LogP contribution in [0.2, 0.25) is 5.02 Å². The Morgan fingerprint density at radius 2 is 2.19 bits per heavy atom. The van der Waals surface area contributed by atoms with Crippen LogP contribution in [0.4, 0.5) is 5.69 Å². The van der Waals surface area contributed by atoms with Crippen LogP contribution in [0.25, 0.3) is 0 Å². The van der Waals surface area contributed by atoms with Gasteiger partial charge in [0.1, 0.15) is 5.75 Å². The van der Waals surface area contributed by atoms with Crippen molar-refractivity contribution in [3.63, 3.8) is 0 Å². The smallest absolute Gasteiger partial charge is 0.120 e. The second-order valence-corrected chi connectivity index (χ2v) is 4.10. The number of likely N-dealkylation sites (N-methyl/N-ethyl adjacent to an activating group) is 1. The topological polar surface area (TPSA) is 64.5 Å². The number of nitrogens with two attached hydrogens (primary N) is 2. The van der Waals surface area contributed by atoms with E-state index in [1.165, 1.54) is 0 Å². The standard InChI is InChI=1S/C11H18ClN3O/c1-15(7-8(14)6-13)11-4-3-9(16-2)5-10(11)12/h3-5,8H,6-7,13-14H2,1-2H3. The van der Waals surface area contributed by atoms with Crippen LogP contribution in [0.15, 0.2) is 18.2 Å². The zero-order chi connectivity index (χ0) is 12.1. The maximum absolute atomic E-state index is 6.14. The summed E-state index contributed by atoms with van der Waals surface area (Å²) in [5.74, 6) is 0.741. The van der Waals surface area contributed by atoms with Gasteiger partial charge in [0.05, 0.1) is 17.8 Å². The Labute approximate surface area is 101 Å². The van der Waals surface area contributed by atoms with Gasteiger partial charge in [0.15, 0.2) is 0 Å². The molecule has 0 aliphatic heterocycles. The van der Waals surface area contributed by atoms with Crippen LogP contribution < -0.4 is 21.1 Å². The summed E-state index contributed by atoms with van der Waals surface area (Å²) in [7, 11) is 3.54. The summed E-state index contributed by atoms with van der Waals surface area (Å²) >= 11 is 6.14. The molecule has 0 fully saturated rings. The van der Waals surface area contributed by atoms with Crippen molar-refractivity contribution in [2.75, 3.05) is 32.1 Å². The van der Waals surface area contributed by atoms with E-state index in [-0.39, 0.29) is 6.04 Å². The molecule has 1 atom stereocenters. The van der Waals surface area contributed by atoms with Crippen LogP contribution in [-0.4, -0.2) is 33.3 Å². The molecule has 0 bridgehead atoms. The number of halogens is 1. The minimum Gasteiger partial charge on any atom is -0.497 e. The van der Waals surface area contributed by atoms with Crippen molar-refractivity contribution in [3.05, 3.63) is 23.2 Å². The van der Waals surface area contributed by atoms with E-state index < -0.39 is 0 Å². The Kier molecular flexibility index (Phi) is 4.86. The molecular weight excluding hydrogens is 226 g/mol. The first-order chi connectivity index (χ1) is 7.58. The van der Waals surface area contributed by atoms with E-state index in [1.807, 2.05) is 24.1 Å². The summed E-state index contributed by atoms with van der Waals surface area (Å²) in [6, 6.07) is 5.50. The zero-order valence-corrected chi connectivity index (χ0v) is 10.4. The van der Waals surface area contributed by atoms with Gasteiger partial charge < -0.3 is 21.1 Å². The molecule has 0 aromatic heterocycles. The summed E-state index contributed by atoms with van der Waals surface area (Å²) in [6.07, 6.45) is 0. The Morgan fingerprint density at radius 3 is 2.69 bits per heavy atom. The van der Waals surface area contributed by atoms with Crippen molar-refractivity contribution in [2.45, 2.75) is 6.04 Å². The number of ether oxygens (including phenoxy) is 1. The van der Waals surface area contributed by atoms with Crippen molar-refractivity contribution in [2.24, 2.45) is 11.5 Å². The number of hydrogen-bond acceptors (Lipinski definition) is 4. The molecule has 0 aliphatic carbocycles. The Hall–Kier alpha value is -0.970. The summed E-state index contributed by atoms with van der Waals surface area (Å²) in [4.78, 5) is 1.99. The Morgan fingerprint density at radius 1 is 1.50 bits per heavy atom. The summed E-state index contributed by atoms with van der Waals surface area (Å²) < 4.78 is 5.08. The van der Waals surface area contributed by atoms with Crippen molar-refractivity contribution < 1.29 is 4.74 Å². The molecule has 1 aromatic carbocycles. The zero-order valence-electron chi connectivity index (χ0n) is 9.61. The normalized spacial score (nSPS) is 12.3. The quantitative estimate of drug-likeness (QED) is 0.812. The maximum atomic E-state index is 6.14. The first-order valence-electron chi connectivity index (χ1n) is 5.08. The predicted molar refractivity (Wildman–Crippen MR) is 68.3 cm³/mol. The van der Waals surface area contributed by atoms with Gasteiger partial charge in [-0.15, -0.1) is 0 Å². The van der Waals surface area contributed by atoms with Gasteiger partial charge in [0.2, 0.25) is 0 Å². The third-order valence-corrected chi connectivity index (χ3v) is 2.68. The second kappa shape index (κ2) is 5.94. The van der Waals surface area contributed by atoms with Crippen LogP contribution in [0, 0.1) is 0 Å². The lowest BCUT2D eigenvalue weighted by Crippen LogP contribution is -2.40. The van der Waals surface area contributed by atoms with Gasteiger partial charge in [-0.05, 0) is 12.1 Å². The molecular formula is C11H18ClN3O. The molecule has 16 heavy (non-hydrogen) atoms. The van der Waals surface area contributed by atoms with Crippen molar-refractivity contribution in [1.82, 2.24) is 0 Å². The number of rotatable bonds is 5. The van der Waals surface area contributed by atoms with Gasteiger partial charge in [0, 0.05) is 32.2 Å². The Bertz CT molecular complexity index is 346. The maximum Gasteiger partial charge on any atom is 0.120 e. The molecule has 0 heterocycles. The molecule has 0 radical (unpaired) electrons. The Balaban J connectivity index is 2.79. The van der Waals surface area contributed by atoms with Gasteiger partial charge in [-0.25, -0.2) is 0 Å². The highest BCUT2D eigenvalue weighted by Gasteiger charge is 2.10. The van der Waals surface area contributed by atoms with Gasteiger partial charge in [-0.3, -0.25) is 0 Å². The summed E-state index contributed by atoms with van der Waals surface area (Å²) in [5.41, 5.74) is 12.2. The summed E-state index contributed by atoms with van der Waals surface area (Å²) in [5, 5.41) is 0.645. The van der Waals surface area contributed by atoms with Crippen molar-refractivity contribution in [1.29, 1.82) is 0 Å². The number of anilines is 1. The molecule has 0 aliphatic rings. The van der Waals surface area contributed by atoms with Crippen LogP contribution in [0.1, 0.15) is 0 Å². The van der Waals surface area contributed by atoms with E-state index >= 15 is 0 Å². The predicted octanol–water partition coefficient (Wildman–Crippen LogP) is 1.07. The van der Waals surface area contributed by atoms with Crippen LogP contribution in [-0.2, 0) is 0 Å². The minimum absolute atomic E-state index is 0.0526. The van der Waals surface area contributed by atoms with Crippen molar-refractivity contribution >= 4 is 17.3 Å². The van der Waals surface area contributed by atoms with Gasteiger partial charge in [0.25, 0.3) is 0 Å². The molecule has 4 nitrogen and oxygen atoms in total. The lowest BCUT2D eigenvalue weighted by molar-refractivity contribution is 0.415. The lowest BCUT2D eigenvalue weighted by Gasteiger charge is -2.23. The first kappa shape index (κ1) is 13.1. The molecule has 0 spiro atoms. The van der Waals surface area contributed by atoms with E-state index in [9.17, 15) is 0 Å². The van der Waals surface area contributed by atoms with E-state index in [4.69, 9.17) is 27.8 Å². The SMILES string of the molecule is COc1ccc(N(C)CC(N)CN)c(Cl)c1. The number of benzene rings is 1. The molecule has 90 valence electrons. The van der Waals surface area contributed by atoms with Gasteiger partial charge >= 0.3 is 0 Å². The highest BCUT2D eigenvalue weighted by Crippen LogP contribution is 2.28. The van der Waals surface area contributed by atoms with Crippen molar-refractivity contribution in [3.8, 4) is 5.75 Å². The molecule has 0 saturated carbocycles. The average molecular weight is 244 g/mol. The monoisotopic (exact) mass is 243 g/mol. The van der Waals surface area contributed by atoms with Gasteiger partial charge in [-0.2, -0.15) is 0 Å². The van der Waals surface area contributed by atoms with E-state index in [0.29, 0.717) is 18.1 Å². The fourth-order valence-electron chi connectivity index (χ4n) is 1.45. The highest BCUT2D eigenvalue weighted by molar-refractivity contribution is 6.33. The third-order valence-electron chi connectivity index (χ3n) is 2.38. The average Bonchev–Trinajstić information content (AvgIpc) is 2.28. The minimum atomic E-state index is -0.0526. The largest absolute Gasteiger partial charge is 0.497 e. The second-order valence-electron chi connectivity index (χ2n) is 3.69. The number of methoxy groups -OCH3 is 1. The third kappa shape index (κ3) is 3.27. The van der Waals surface area contributed by atoms with Crippen LogP contribution in [0.3, 0.4) is 0 Å². The van der Waals surface area contributed by atoms with E-state index in [0.717, 1.165) is 11.4 Å². The molecule has 5 heteroatoms. The summed E-state index contributed by atoms with van der Waals surface area (Å²) in [6.45, 7) is 1.13. The van der Waals surface area contributed by atoms with Gasteiger partial charge in [-0.1, -0.05) is 11.6 Å². The number of hydrogen-bond donors (Lipinski definition) is 2. The lowest BCUT2D eigenvalue weighted by atomic mass is 10.2. The fourth-order valence-corrected chi connectivity index (χ4v) is 1.76. The number of nitrogens with zero attached hydrogens (tertiary/aromatic N) is 1. The molecule has 1 unspecified atom stereocenters. The molecule has 0 amide bonds. The van der Waals surface area contributed by atoms with E-state index in [1.54, 1.807) is 13.2 Å².